The molecule has 0 amide bonds. The molecule has 0 aliphatic carbocycles. The first-order chi connectivity index (χ1) is 8.84. The molecule has 0 spiro atoms. The molecule has 0 bridgehead atoms. The zero-order chi connectivity index (χ0) is 14.2. The first-order valence-corrected chi connectivity index (χ1v) is 7.72. The largest absolute Gasteiger partial charge is 0.600 e. The summed E-state index contributed by atoms with van der Waals surface area (Å²) in [5.74, 6) is -0.0769. The molecule has 2 aromatic rings. The molecule has 1 aromatic carbocycles. The molecule has 112 valence electrons. The Kier molecular flexibility index (Phi) is 5.50. The summed E-state index contributed by atoms with van der Waals surface area (Å²) in [6.07, 6.45) is 1.78. The minimum atomic E-state index is -4.17. The zero-order valence-corrected chi connectivity index (χ0v) is 13.4. The van der Waals surface area contributed by atoms with Gasteiger partial charge in [0, 0.05) is 23.4 Å². The number of halogens is 4. The van der Waals surface area contributed by atoms with E-state index in [9.17, 15) is 13.2 Å². The number of fused-ring (bicyclic) bond motifs is 1. The van der Waals surface area contributed by atoms with Gasteiger partial charge in [-0.05, 0) is 18.1 Å². The van der Waals surface area contributed by atoms with Crippen LogP contribution in [0.5, 0.6) is 0 Å². The molecule has 1 aromatic heterocycles. The third-order valence-electron chi connectivity index (χ3n) is 3.17. The van der Waals surface area contributed by atoms with Crippen molar-refractivity contribution in [2.75, 3.05) is 0 Å². The number of aryl methyl sites for hydroxylation is 1. The van der Waals surface area contributed by atoms with Crippen molar-refractivity contribution in [3.8, 4) is 0 Å². The van der Waals surface area contributed by atoms with Crippen LogP contribution in [0.2, 0.25) is 0 Å². The smallest absolute Gasteiger partial charge is 0.147 e. The molecular formula is C15H19ClF3S+. The lowest BCUT2D eigenvalue weighted by atomic mass is 10.1. The van der Waals surface area contributed by atoms with Gasteiger partial charge in [-0.1, -0.05) is 33.3 Å². The van der Waals surface area contributed by atoms with E-state index in [1.807, 2.05) is 32.9 Å². The monoisotopic (exact) mass is 323 g/mol. The van der Waals surface area contributed by atoms with E-state index in [2.05, 4.69) is 0 Å². The van der Waals surface area contributed by atoms with Crippen LogP contribution in [-0.2, 0) is 11.9 Å². The van der Waals surface area contributed by atoms with Crippen LogP contribution >= 0.6 is 22.9 Å². The van der Waals surface area contributed by atoms with E-state index < -0.39 is 16.0 Å². The fraction of sp³-hybridized carbons (Fsp3) is 0.467. The fourth-order valence-electron chi connectivity index (χ4n) is 2.32. The first-order valence-electron chi connectivity index (χ1n) is 6.50. The van der Waals surface area contributed by atoms with Crippen molar-refractivity contribution in [1.82, 2.24) is 0 Å². The summed E-state index contributed by atoms with van der Waals surface area (Å²) in [4.78, 5) is 0.510. The minimum absolute atomic E-state index is 0. The third kappa shape index (κ3) is 3.29. The van der Waals surface area contributed by atoms with Crippen LogP contribution in [0, 0.1) is 0 Å². The standard InChI is InChI=1S/C15H18F3S.ClH/c1-4-5-11-6-7-12-9-13(10(2)3)19(14(12)8-11)15(16,17)18;/h6-10H,4-5H2,1-3H3;1H/q+1;. The molecule has 1 unspecified atom stereocenters. The molecule has 0 aliphatic heterocycles. The van der Waals surface area contributed by atoms with Crippen molar-refractivity contribution in [2.45, 2.75) is 45.0 Å². The Balaban J connectivity index is 0.00000200. The van der Waals surface area contributed by atoms with E-state index in [4.69, 9.17) is 0 Å². The average molecular weight is 324 g/mol. The highest BCUT2D eigenvalue weighted by Crippen LogP contribution is 2.53. The van der Waals surface area contributed by atoms with Gasteiger partial charge < -0.3 is 0 Å². The second kappa shape index (κ2) is 6.35. The zero-order valence-electron chi connectivity index (χ0n) is 11.8. The Morgan fingerprint density at radius 1 is 1.15 bits per heavy atom. The second-order valence-electron chi connectivity index (χ2n) is 5.08. The second-order valence-corrected chi connectivity index (χ2v) is 7.06. The minimum Gasteiger partial charge on any atom is -0.147 e. The van der Waals surface area contributed by atoms with Crippen LogP contribution in [0.4, 0.5) is 13.2 Å². The Hall–Kier alpha value is -0.740. The number of rotatable bonds is 3. The first kappa shape index (κ1) is 17.3. The van der Waals surface area contributed by atoms with Crippen LogP contribution in [0.25, 0.3) is 10.1 Å². The predicted octanol–water partition coefficient (Wildman–Crippen LogP) is 6.56. The van der Waals surface area contributed by atoms with Gasteiger partial charge in [-0.25, -0.2) is 0 Å². The molecule has 0 aliphatic rings. The summed E-state index contributed by atoms with van der Waals surface area (Å²) in [5.41, 5.74) is -3.17. The van der Waals surface area contributed by atoms with Crippen LogP contribution < -0.4 is 0 Å². The predicted molar refractivity (Wildman–Crippen MR) is 83.1 cm³/mol. The fourth-order valence-corrected chi connectivity index (χ4v) is 4.44. The number of hydrogen-bond donors (Lipinski definition) is 0. The van der Waals surface area contributed by atoms with Gasteiger partial charge in [0.25, 0.3) is 0 Å². The summed E-state index contributed by atoms with van der Waals surface area (Å²) < 4.78 is 40.5. The molecule has 20 heavy (non-hydrogen) atoms. The summed E-state index contributed by atoms with van der Waals surface area (Å²) in [6, 6.07) is 7.26. The Morgan fingerprint density at radius 2 is 1.80 bits per heavy atom. The molecule has 0 nitrogen and oxygen atoms in total. The van der Waals surface area contributed by atoms with Crippen molar-refractivity contribution in [3.63, 3.8) is 0 Å². The summed E-state index contributed by atoms with van der Waals surface area (Å²) in [5, 5.41) is 0.740. The van der Waals surface area contributed by atoms with Crippen LogP contribution in [0.15, 0.2) is 24.3 Å². The van der Waals surface area contributed by atoms with Crippen molar-refractivity contribution in [3.05, 3.63) is 34.7 Å². The summed E-state index contributed by atoms with van der Waals surface area (Å²) in [6.45, 7) is 5.70. The van der Waals surface area contributed by atoms with Crippen LogP contribution in [-0.4, -0.2) is 0 Å². The Labute approximate surface area is 126 Å². The maximum Gasteiger partial charge on any atom is 0.600 e. The SMILES string of the molecule is CCCc1ccc2cc(C(C)C)[s+](C(F)(F)F)c2c1.Cl. The van der Waals surface area contributed by atoms with Gasteiger partial charge in [0.15, 0.2) is 9.58 Å². The topological polar surface area (TPSA) is 0 Å². The molecule has 0 saturated carbocycles. The molecule has 2 rings (SSSR count). The van der Waals surface area contributed by atoms with Crippen LogP contribution in [0.3, 0.4) is 0 Å². The average Bonchev–Trinajstić information content (AvgIpc) is 2.67. The van der Waals surface area contributed by atoms with Crippen molar-refractivity contribution in [2.24, 2.45) is 0 Å². The highest BCUT2D eigenvalue weighted by atomic mass is 35.5. The van der Waals surface area contributed by atoms with E-state index in [1.165, 1.54) is 0 Å². The van der Waals surface area contributed by atoms with E-state index in [-0.39, 0.29) is 18.3 Å². The molecule has 0 radical (unpaired) electrons. The van der Waals surface area contributed by atoms with Gasteiger partial charge in [0.05, 0.1) is 10.5 Å². The normalized spacial score (nSPS) is 12.8. The van der Waals surface area contributed by atoms with Gasteiger partial charge in [-0.2, -0.15) is 0 Å². The van der Waals surface area contributed by atoms with Crippen molar-refractivity contribution < 1.29 is 13.2 Å². The molecule has 0 saturated heterocycles. The molecule has 0 N–H and O–H groups in total. The van der Waals surface area contributed by atoms with Crippen molar-refractivity contribution >= 4 is 33.0 Å². The van der Waals surface area contributed by atoms with Crippen molar-refractivity contribution in [1.29, 1.82) is 0 Å². The lowest BCUT2D eigenvalue weighted by molar-refractivity contribution is -0.0868. The van der Waals surface area contributed by atoms with Gasteiger partial charge in [0.1, 0.15) is 0 Å². The van der Waals surface area contributed by atoms with E-state index in [0.29, 0.717) is 9.58 Å². The van der Waals surface area contributed by atoms with E-state index in [1.54, 1.807) is 12.1 Å². The molecule has 1 heterocycles. The number of hydrogen-bond acceptors (Lipinski definition) is 0. The quantitative estimate of drug-likeness (QED) is 0.561. The lowest BCUT2D eigenvalue weighted by Crippen LogP contribution is -1.99. The van der Waals surface area contributed by atoms with Gasteiger partial charge in [0.2, 0.25) is 0 Å². The highest BCUT2D eigenvalue weighted by Gasteiger charge is 2.48. The van der Waals surface area contributed by atoms with E-state index >= 15 is 0 Å². The number of thiophene rings is 1. The molecular weight excluding hydrogens is 305 g/mol. The number of alkyl halides is 3. The third-order valence-corrected chi connectivity index (χ3v) is 5.49. The van der Waals surface area contributed by atoms with Gasteiger partial charge >= 0.3 is 5.51 Å². The maximum absolute atomic E-state index is 13.3. The summed E-state index contributed by atoms with van der Waals surface area (Å²) >= 11 is 0. The highest BCUT2D eigenvalue weighted by molar-refractivity contribution is 7.38. The van der Waals surface area contributed by atoms with Crippen LogP contribution in [0.1, 0.15) is 43.6 Å². The lowest BCUT2D eigenvalue weighted by Gasteiger charge is -2.03. The van der Waals surface area contributed by atoms with Gasteiger partial charge in [-0.3, -0.25) is 0 Å². The molecule has 0 fully saturated rings. The Bertz CT molecular complexity index is 585. The van der Waals surface area contributed by atoms with E-state index in [0.717, 1.165) is 23.8 Å². The maximum atomic E-state index is 13.3. The van der Waals surface area contributed by atoms with Gasteiger partial charge in [-0.15, -0.1) is 25.6 Å². The molecule has 5 heteroatoms. The Morgan fingerprint density at radius 3 is 2.30 bits per heavy atom. The number of benzene rings is 1. The molecule has 1 atom stereocenters. The summed E-state index contributed by atoms with van der Waals surface area (Å²) in [7, 11) is -1.74.